The highest BCUT2D eigenvalue weighted by Crippen LogP contribution is 2.35. The standard InChI is InChI=1S/C21H23NO5/c1-5-6-15-10-16(11-19(24-3)20(15)25-4)21(23)22(2)12-14-7-8-17-18(9-14)27-13-26-17/h5-11H,12-13H2,1-4H3. The number of hydrogen-bond donors (Lipinski definition) is 0. The minimum Gasteiger partial charge on any atom is -0.493 e. The molecule has 0 atom stereocenters. The smallest absolute Gasteiger partial charge is 0.254 e. The molecule has 6 heteroatoms. The van der Waals surface area contributed by atoms with Gasteiger partial charge in [-0.3, -0.25) is 4.79 Å². The predicted octanol–water partition coefficient (Wildman–Crippen LogP) is 3.74. The third-order valence-electron chi connectivity index (χ3n) is 4.30. The van der Waals surface area contributed by atoms with Gasteiger partial charge in [-0.1, -0.05) is 18.2 Å². The summed E-state index contributed by atoms with van der Waals surface area (Å²) in [6, 6.07) is 9.18. The lowest BCUT2D eigenvalue weighted by molar-refractivity contribution is 0.0784. The molecule has 0 radical (unpaired) electrons. The molecule has 0 saturated heterocycles. The molecule has 0 aromatic heterocycles. The quantitative estimate of drug-likeness (QED) is 0.776. The zero-order valence-corrected chi connectivity index (χ0v) is 15.9. The maximum atomic E-state index is 13.0. The van der Waals surface area contributed by atoms with Gasteiger partial charge in [0.1, 0.15) is 0 Å². The van der Waals surface area contributed by atoms with Gasteiger partial charge in [-0.25, -0.2) is 0 Å². The fourth-order valence-corrected chi connectivity index (χ4v) is 3.03. The number of ether oxygens (including phenoxy) is 4. The molecule has 2 aromatic carbocycles. The topological polar surface area (TPSA) is 57.2 Å². The number of allylic oxidation sites excluding steroid dienone is 1. The molecule has 3 rings (SSSR count). The van der Waals surface area contributed by atoms with Crippen LogP contribution in [0.2, 0.25) is 0 Å². The van der Waals surface area contributed by atoms with Crippen molar-refractivity contribution in [3.05, 3.63) is 53.1 Å². The van der Waals surface area contributed by atoms with Gasteiger partial charge in [0, 0.05) is 24.7 Å². The van der Waals surface area contributed by atoms with Crippen molar-refractivity contribution in [2.24, 2.45) is 0 Å². The summed E-state index contributed by atoms with van der Waals surface area (Å²) in [5.74, 6) is 2.44. The van der Waals surface area contributed by atoms with Crippen molar-refractivity contribution in [1.82, 2.24) is 4.90 Å². The lowest BCUT2D eigenvalue weighted by Gasteiger charge is -2.19. The summed E-state index contributed by atoms with van der Waals surface area (Å²) in [4.78, 5) is 14.6. The molecule has 0 aliphatic carbocycles. The molecular formula is C21H23NO5. The second kappa shape index (κ2) is 8.03. The Morgan fingerprint density at radius 3 is 2.63 bits per heavy atom. The van der Waals surface area contributed by atoms with Crippen LogP contribution in [-0.2, 0) is 6.54 Å². The number of amides is 1. The Morgan fingerprint density at radius 2 is 1.93 bits per heavy atom. The van der Waals surface area contributed by atoms with E-state index in [2.05, 4.69) is 0 Å². The highest BCUT2D eigenvalue weighted by atomic mass is 16.7. The summed E-state index contributed by atoms with van der Waals surface area (Å²) in [5, 5.41) is 0. The monoisotopic (exact) mass is 369 g/mol. The number of carbonyl (C=O) groups is 1. The number of carbonyl (C=O) groups excluding carboxylic acids is 1. The van der Waals surface area contributed by atoms with Crippen molar-refractivity contribution in [3.8, 4) is 23.0 Å². The fourth-order valence-electron chi connectivity index (χ4n) is 3.03. The summed E-state index contributed by atoms with van der Waals surface area (Å²) in [6.07, 6.45) is 3.78. The van der Waals surface area contributed by atoms with Gasteiger partial charge in [0.05, 0.1) is 14.2 Å². The first-order valence-corrected chi connectivity index (χ1v) is 8.60. The maximum Gasteiger partial charge on any atom is 0.254 e. The Kier molecular flexibility index (Phi) is 5.54. The largest absolute Gasteiger partial charge is 0.493 e. The van der Waals surface area contributed by atoms with Gasteiger partial charge >= 0.3 is 0 Å². The first-order valence-electron chi connectivity index (χ1n) is 8.60. The summed E-state index contributed by atoms with van der Waals surface area (Å²) in [7, 11) is 4.90. The van der Waals surface area contributed by atoms with Crippen LogP contribution in [0.1, 0.15) is 28.4 Å². The molecule has 0 unspecified atom stereocenters. The molecule has 27 heavy (non-hydrogen) atoms. The van der Waals surface area contributed by atoms with Crippen LogP contribution in [-0.4, -0.2) is 38.9 Å². The highest BCUT2D eigenvalue weighted by Gasteiger charge is 2.19. The van der Waals surface area contributed by atoms with Crippen LogP contribution in [0.4, 0.5) is 0 Å². The number of rotatable bonds is 6. The van der Waals surface area contributed by atoms with Gasteiger partial charge in [-0.15, -0.1) is 0 Å². The molecule has 0 N–H and O–H groups in total. The van der Waals surface area contributed by atoms with Crippen molar-refractivity contribution < 1.29 is 23.7 Å². The van der Waals surface area contributed by atoms with E-state index in [4.69, 9.17) is 18.9 Å². The molecule has 0 saturated carbocycles. The zero-order chi connectivity index (χ0) is 19.4. The van der Waals surface area contributed by atoms with Crippen LogP contribution in [0.3, 0.4) is 0 Å². The molecule has 1 amide bonds. The molecule has 0 bridgehead atoms. The number of hydrogen-bond acceptors (Lipinski definition) is 5. The molecule has 142 valence electrons. The van der Waals surface area contributed by atoms with Crippen molar-refractivity contribution >= 4 is 12.0 Å². The first kappa shape index (κ1) is 18.6. The first-order chi connectivity index (χ1) is 13.1. The second-order valence-corrected chi connectivity index (χ2v) is 6.15. The molecule has 1 heterocycles. The zero-order valence-electron chi connectivity index (χ0n) is 15.9. The van der Waals surface area contributed by atoms with Gasteiger partial charge < -0.3 is 23.8 Å². The summed E-state index contributed by atoms with van der Waals surface area (Å²) < 4.78 is 21.6. The van der Waals surface area contributed by atoms with E-state index in [0.29, 0.717) is 29.4 Å². The SMILES string of the molecule is CC=Cc1cc(C(=O)N(C)Cc2ccc3c(c2)OCO3)cc(OC)c1OC. The van der Waals surface area contributed by atoms with Gasteiger partial charge in [-0.05, 0) is 36.8 Å². The van der Waals surface area contributed by atoms with Gasteiger partial charge in [0.25, 0.3) is 5.91 Å². The fraction of sp³-hybridized carbons (Fsp3) is 0.286. The third kappa shape index (κ3) is 3.84. The molecule has 1 aliphatic rings. The molecule has 1 aliphatic heterocycles. The summed E-state index contributed by atoms with van der Waals surface area (Å²) in [6.45, 7) is 2.59. The van der Waals surface area contributed by atoms with E-state index < -0.39 is 0 Å². The van der Waals surface area contributed by atoms with Crippen molar-refractivity contribution in [2.45, 2.75) is 13.5 Å². The van der Waals surface area contributed by atoms with E-state index >= 15 is 0 Å². The van der Waals surface area contributed by atoms with Crippen LogP contribution in [0.25, 0.3) is 6.08 Å². The minimum atomic E-state index is -0.112. The predicted molar refractivity (Wildman–Crippen MR) is 103 cm³/mol. The normalized spacial score (nSPS) is 12.3. The van der Waals surface area contributed by atoms with E-state index in [1.807, 2.05) is 37.3 Å². The summed E-state index contributed by atoms with van der Waals surface area (Å²) in [5.41, 5.74) is 2.28. The number of fused-ring (bicyclic) bond motifs is 1. The molecular weight excluding hydrogens is 346 g/mol. The third-order valence-corrected chi connectivity index (χ3v) is 4.30. The Hall–Kier alpha value is -3.15. The Bertz CT molecular complexity index is 875. The maximum absolute atomic E-state index is 13.0. The lowest BCUT2D eigenvalue weighted by Crippen LogP contribution is -2.26. The average molecular weight is 369 g/mol. The van der Waals surface area contributed by atoms with Crippen molar-refractivity contribution in [3.63, 3.8) is 0 Å². The van der Waals surface area contributed by atoms with Crippen LogP contribution in [0.15, 0.2) is 36.4 Å². The Morgan fingerprint density at radius 1 is 1.15 bits per heavy atom. The van der Waals surface area contributed by atoms with E-state index in [9.17, 15) is 4.79 Å². The Labute approximate surface area is 158 Å². The van der Waals surface area contributed by atoms with Gasteiger partial charge in [0.2, 0.25) is 6.79 Å². The molecule has 0 spiro atoms. The number of methoxy groups -OCH3 is 2. The number of nitrogens with zero attached hydrogens (tertiary/aromatic N) is 1. The van der Waals surface area contributed by atoms with E-state index in [0.717, 1.165) is 16.9 Å². The Balaban J connectivity index is 1.85. The van der Waals surface area contributed by atoms with Crippen LogP contribution < -0.4 is 18.9 Å². The second-order valence-electron chi connectivity index (χ2n) is 6.15. The molecule has 0 fully saturated rings. The van der Waals surface area contributed by atoms with E-state index in [1.54, 1.807) is 38.3 Å². The van der Waals surface area contributed by atoms with E-state index in [-0.39, 0.29) is 12.7 Å². The van der Waals surface area contributed by atoms with Crippen molar-refractivity contribution in [1.29, 1.82) is 0 Å². The van der Waals surface area contributed by atoms with Gasteiger partial charge in [-0.2, -0.15) is 0 Å². The summed E-state index contributed by atoms with van der Waals surface area (Å²) >= 11 is 0. The number of benzene rings is 2. The van der Waals surface area contributed by atoms with E-state index in [1.165, 1.54) is 0 Å². The van der Waals surface area contributed by atoms with Crippen LogP contribution in [0.5, 0.6) is 23.0 Å². The molecule has 2 aromatic rings. The highest BCUT2D eigenvalue weighted by molar-refractivity contribution is 5.95. The van der Waals surface area contributed by atoms with Crippen molar-refractivity contribution in [2.75, 3.05) is 28.1 Å². The van der Waals surface area contributed by atoms with Gasteiger partial charge in [0.15, 0.2) is 23.0 Å². The van der Waals surface area contributed by atoms with Crippen LogP contribution in [0, 0.1) is 0 Å². The average Bonchev–Trinajstić information content (AvgIpc) is 3.14. The van der Waals surface area contributed by atoms with Crippen LogP contribution >= 0.6 is 0 Å². The minimum absolute atomic E-state index is 0.112. The lowest BCUT2D eigenvalue weighted by atomic mass is 10.1. The molecule has 6 nitrogen and oxygen atoms in total.